The second-order valence-electron chi connectivity index (χ2n) is 5.32. The Hall–Kier alpha value is -1.13. The maximum Gasteiger partial charge on any atom is 0.137 e. The molecule has 4 nitrogen and oxygen atoms in total. The molecule has 3 rings (SSSR count). The van der Waals surface area contributed by atoms with Crippen LogP contribution in [0.3, 0.4) is 0 Å². The van der Waals surface area contributed by atoms with Gasteiger partial charge in [-0.25, -0.2) is 0 Å². The number of nitrogens with zero attached hydrogens (tertiary/aromatic N) is 1. The summed E-state index contributed by atoms with van der Waals surface area (Å²) in [5.74, 6) is 2.64. The summed E-state index contributed by atoms with van der Waals surface area (Å²) in [4.78, 5) is 4.16. The van der Waals surface area contributed by atoms with Gasteiger partial charge in [0, 0.05) is 12.8 Å². The van der Waals surface area contributed by atoms with Crippen LogP contribution in [0.15, 0.2) is 18.5 Å². The number of aromatic nitrogens is 1. The van der Waals surface area contributed by atoms with Gasteiger partial charge in [-0.2, -0.15) is 0 Å². The summed E-state index contributed by atoms with van der Waals surface area (Å²) < 4.78 is 5.15. The molecule has 0 aromatic carbocycles. The predicted octanol–water partition coefficient (Wildman–Crippen LogP) is 1.80. The van der Waals surface area contributed by atoms with Crippen LogP contribution in [0.1, 0.15) is 31.2 Å². The number of ether oxygens (including phenoxy) is 1. The summed E-state index contributed by atoms with van der Waals surface area (Å²) in [5.41, 5.74) is 1.24. The first-order valence-corrected chi connectivity index (χ1v) is 7.08. The lowest BCUT2D eigenvalue weighted by atomic mass is 10.1. The van der Waals surface area contributed by atoms with Crippen molar-refractivity contribution in [2.45, 2.75) is 25.7 Å². The van der Waals surface area contributed by atoms with Crippen LogP contribution in [-0.4, -0.2) is 36.9 Å². The van der Waals surface area contributed by atoms with Crippen LogP contribution in [0.25, 0.3) is 0 Å². The zero-order valence-electron chi connectivity index (χ0n) is 11.8. The average molecular weight is 264 g/mol. The fourth-order valence-corrected chi connectivity index (χ4v) is 2.59. The first-order chi connectivity index (χ1) is 9.27. The fourth-order valence-electron chi connectivity index (χ4n) is 2.59. The highest BCUT2D eigenvalue weighted by Crippen LogP contribution is 2.55. The molecule has 1 aliphatic carbocycles. The van der Waals surface area contributed by atoms with E-state index < -0.39 is 0 Å². The lowest BCUT2D eigenvalue weighted by Gasteiger charge is -2.09. The first kappa shape index (κ1) is 14.3. The third-order valence-corrected chi connectivity index (χ3v) is 4.09. The summed E-state index contributed by atoms with van der Waals surface area (Å²) >= 11 is 0. The van der Waals surface area contributed by atoms with Gasteiger partial charge in [0.2, 0.25) is 0 Å². The average Bonchev–Trinajstić information content (AvgIpc) is 2.98. The second kappa shape index (κ2) is 6.87. The van der Waals surface area contributed by atoms with Crippen molar-refractivity contribution in [2.24, 2.45) is 11.8 Å². The van der Waals surface area contributed by atoms with E-state index in [0.717, 1.165) is 12.2 Å². The van der Waals surface area contributed by atoms with Gasteiger partial charge in [0.05, 0.1) is 13.3 Å². The van der Waals surface area contributed by atoms with E-state index in [2.05, 4.69) is 17.2 Å². The molecule has 1 aliphatic heterocycles. The van der Waals surface area contributed by atoms with Crippen molar-refractivity contribution >= 4 is 0 Å². The number of hydrogen-bond acceptors (Lipinski definition) is 4. The molecule has 0 bridgehead atoms. The fraction of sp³-hybridized carbons (Fsp3) is 0.667. The van der Waals surface area contributed by atoms with Crippen molar-refractivity contribution in [3.05, 3.63) is 24.0 Å². The molecule has 2 N–H and O–H groups in total. The topological polar surface area (TPSA) is 54.4 Å². The normalized spacial score (nSPS) is 27.8. The van der Waals surface area contributed by atoms with Crippen LogP contribution >= 0.6 is 0 Å². The standard InChI is InChI=1S/C12H17NO2.C3H7N/c1-8-11(3-4-14)12(8)9-5-10(15-2)7-13-6-9;1-2-4-3-1/h5-8,11-12,14H,3-4H2,1-2H3;4H,1-3H2. The maximum atomic E-state index is 8.92. The second-order valence-corrected chi connectivity index (χ2v) is 5.32. The highest BCUT2D eigenvalue weighted by molar-refractivity contribution is 5.31. The maximum absolute atomic E-state index is 8.92. The Morgan fingerprint density at radius 1 is 1.42 bits per heavy atom. The summed E-state index contributed by atoms with van der Waals surface area (Å²) in [6, 6.07) is 2.05. The Balaban J connectivity index is 0.000000284. The molecule has 2 fully saturated rings. The number of methoxy groups -OCH3 is 1. The molecule has 106 valence electrons. The van der Waals surface area contributed by atoms with Crippen molar-refractivity contribution < 1.29 is 9.84 Å². The van der Waals surface area contributed by atoms with Crippen LogP contribution in [0.2, 0.25) is 0 Å². The van der Waals surface area contributed by atoms with Crippen LogP contribution < -0.4 is 10.1 Å². The Labute approximate surface area is 115 Å². The smallest absolute Gasteiger partial charge is 0.137 e. The van der Waals surface area contributed by atoms with Gasteiger partial charge < -0.3 is 15.2 Å². The van der Waals surface area contributed by atoms with E-state index in [4.69, 9.17) is 9.84 Å². The van der Waals surface area contributed by atoms with Gasteiger partial charge >= 0.3 is 0 Å². The van der Waals surface area contributed by atoms with E-state index in [1.165, 1.54) is 25.1 Å². The predicted molar refractivity (Wildman–Crippen MR) is 75.4 cm³/mol. The Morgan fingerprint density at radius 2 is 2.11 bits per heavy atom. The van der Waals surface area contributed by atoms with E-state index in [-0.39, 0.29) is 6.61 Å². The molecule has 0 radical (unpaired) electrons. The largest absolute Gasteiger partial charge is 0.495 e. The molecule has 4 heteroatoms. The molecule has 2 heterocycles. The molecule has 1 saturated carbocycles. The van der Waals surface area contributed by atoms with Gasteiger partial charge in [-0.15, -0.1) is 0 Å². The quantitative estimate of drug-likeness (QED) is 0.870. The lowest BCUT2D eigenvalue weighted by Crippen LogP contribution is -2.29. The lowest BCUT2D eigenvalue weighted by molar-refractivity contribution is 0.276. The van der Waals surface area contributed by atoms with Gasteiger partial charge in [-0.1, -0.05) is 6.92 Å². The van der Waals surface area contributed by atoms with Crippen LogP contribution in [0, 0.1) is 11.8 Å². The molecular formula is C15H24N2O2. The van der Waals surface area contributed by atoms with Crippen LogP contribution in [-0.2, 0) is 0 Å². The van der Waals surface area contributed by atoms with Crippen molar-refractivity contribution in [3.8, 4) is 5.75 Å². The van der Waals surface area contributed by atoms with Crippen LogP contribution in [0.5, 0.6) is 5.75 Å². The monoisotopic (exact) mass is 264 g/mol. The summed E-state index contributed by atoms with van der Waals surface area (Å²) in [6.45, 7) is 5.01. The Morgan fingerprint density at radius 3 is 2.63 bits per heavy atom. The zero-order chi connectivity index (χ0) is 13.7. The highest BCUT2D eigenvalue weighted by atomic mass is 16.5. The molecular weight excluding hydrogens is 240 g/mol. The molecule has 1 saturated heterocycles. The number of pyridine rings is 1. The zero-order valence-corrected chi connectivity index (χ0v) is 11.8. The number of aliphatic hydroxyl groups excluding tert-OH is 1. The third-order valence-electron chi connectivity index (χ3n) is 4.09. The molecule has 3 unspecified atom stereocenters. The van der Waals surface area contributed by atoms with E-state index in [0.29, 0.717) is 17.8 Å². The van der Waals surface area contributed by atoms with Crippen molar-refractivity contribution in [3.63, 3.8) is 0 Å². The molecule has 1 aromatic rings. The number of nitrogens with one attached hydrogen (secondary N) is 1. The third kappa shape index (κ3) is 3.67. The SMILES string of the molecule is C1CNC1.COc1cncc(C2C(C)C2CCO)c1. The van der Waals surface area contributed by atoms with Gasteiger partial charge in [0.25, 0.3) is 0 Å². The molecule has 0 spiro atoms. The minimum absolute atomic E-state index is 0.281. The van der Waals surface area contributed by atoms with E-state index in [9.17, 15) is 0 Å². The van der Waals surface area contributed by atoms with Crippen molar-refractivity contribution in [1.29, 1.82) is 0 Å². The number of aliphatic hydroxyl groups is 1. The molecule has 3 atom stereocenters. The molecule has 1 aromatic heterocycles. The number of rotatable bonds is 4. The minimum atomic E-state index is 0.281. The molecule has 2 aliphatic rings. The van der Waals surface area contributed by atoms with Gasteiger partial charge in [-0.3, -0.25) is 4.98 Å². The van der Waals surface area contributed by atoms with Crippen molar-refractivity contribution in [2.75, 3.05) is 26.8 Å². The van der Waals surface area contributed by atoms with E-state index in [1.807, 2.05) is 12.3 Å². The highest BCUT2D eigenvalue weighted by Gasteiger charge is 2.46. The van der Waals surface area contributed by atoms with Gasteiger partial charge in [-0.05, 0) is 55.3 Å². The summed E-state index contributed by atoms with van der Waals surface area (Å²) in [5, 5.41) is 12.0. The Kier molecular flexibility index (Phi) is 5.16. The molecule has 19 heavy (non-hydrogen) atoms. The Bertz CT molecular complexity index is 389. The number of hydrogen-bond donors (Lipinski definition) is 2. The van der Waals surface area contributed by atoms with Gasteiger partial charge in [0.1, 0.15) is 5.75 Å². The van der Waals surface area contributed by atoms with Crippen molar-refractivity contribution in [1.82, 2.24) is 10.3 Å². The van der Waals surface area contributed by atoms with Crippen LogP contribution in [0.4, 0.5) is 0 Å². The summed E-state index contributed by atoms with van der Waals surface area (Å²) in [6.07, 6.45) is 5.90. The minimum Gasteiger partial charge on any atom is -0.495 e. The van der Waals surface area contributed by atoms with E-state index in [1.54, 1.807) is 13.3 Å². The van der Waals surface area contributed by atoms with Gasteiger partial charge in [0.15, 0.2) is 0 Å². The molecule has 0 amide bonds. The summed E-state index contributed by atoms with van der Waals surface area (Å²) in [7, 11) is 1.66. The first-order valence-electron chi connectivity index (χ1n) is 7.08. The van der Waals surface area contributed by atoms with E-state index >= 15 is 0 Å².